The van der Waals surface area contributed by atoms with Crippen LogP contribution in [0, 0.1) is 5.92 Å². The van der Waals surface area contributed by atoms with Crippen LogP contribution in [0.15, 0.2) is 36.4 Å². The van der Waals surface area contributed by atoms with Gasteiger partial charge in [-0.2, -0.15) is 0 Å². The van der Waals surface area contributed by atoms with Gasteiger partial charge in [0.05, 0.1) is 12.6 Å². The predicted molar refractivity (Wildman–Crippen MR) is 81.0 cm³/mol. The Morgan fingerprint density at radius 2 is 2.00 bits per heavy atom. The van der Waals surface area contributed by atoms with Crippen LogP contribution in [0.1, 0.15) is 33.3 Å². The van der Waals surface area contributed by atoms with Crippen LogP contribution < -0.4 is 0 Å². The van der Waals surface area contributed by atoms with E-state index in [4.69, 9.17) is 4.74 Å². The van der Waals surface area contributed by atoms with Crippen LogP contribution in [-0.4, -0.2) is 29.2 Å². The molecule has 0 N–H and O–H groups in total. The highest BCUT2D eigenvalue weighted by Crippen LogP contribution is 2.31. The maximum absolute atomic E-state index is 12.5. The fourth-order valence-corrected chi connectivity index (χ4v) is 2.56. The Labute approximate surface area is 121 Å². The maximum Gasteiger partial charge on any atom is 0.249 e. The van der Waals surface area contributed by atoms with E-state index in [9.17, 15) is 4.79 Å². The maximum atomic E-state index is 12.5. The van der Waals surface area contributed by atoms with Crippen molar-refractivity contribution in [3.05, 3.63) is 42.0 Å². The molecule has 1 atom stereocenters. The van der Waals surface area contributed by atoms with E-state index in [1.807, 2.05) is 55.2 Å². The van der Waals surface area contributed by atoms with Crippen molar-refractivity contribution in [3.8, 4) is 0 Å². The summed E-state index contributed by atoms with van der Waals surface area (Å²) in [5, 5.41) is 0. The Kier molecular flexibility index (Phi) is 4.29. The second kappa shape index (κ2) is 5.80. The average molecular weight is 273 g/mol. The van der Waals surface area contributed by atoms with E-state index in [1.165, 1.54) is 0 Å². The van der Waals surface area contributed by atoms with Crippen molar-refractivity contribution >= 4 is 12.0 Å². The number of nitrogens with zero attached hydrogens (tertiary/aromatic N) is 1. The van der Waals surface area contributed by atoms with E-state index in [-0.39, 0.29) is 11.9 Å². The van der Waals surface area contributed by atoms with Gasteiger partial charge in [0.1, 0.15) is 5.72 Å². The summed E-state index contributed by atoms with van der Waals surface area (Å²) < 4.78 is 5.77. The SMILES string of the molecule is CC(C)[C@H]1COC(C)(C)N1C(=O)/C=C/c1ccccc1. The monoisotopic (exact) mass is 273 g/mol. The summed E-state index contributed by atoms with van der Waals surface area (Å²) in [5.74, 6) is 0.390. The molecule has 3 heteroatoms. The quantitative estimate of drug-likeness (QED) is 0.791. The Morgan fingerprint density at radius 1 is 1.35 bits per heavy atom. The highest BCUT2D eigenvalue weighted by Gasteiger charge is 2.43. The minimum absolute atomic E-state index is 0.00931. The van der Waals surface area contributed by atoms with E-state index in [2.05, 4.69) is 13.8 Å². The molecule has 1 aromatic carbocycles. The van der Waals surface area contributed by atoms with Crippen LogP contribution in [0.4, 0.5) is 0 Å². The normalized spacial score (nSPS) is 21.9. The number of hydrogen-bond acceptors (Lipinski definition) is 2. The highest BCUT2D eigenvalue weighted by atomic mass is 16.5. The van der Waals surface area contributed by atoms with Gasteiger partial charge in [0.15, 0.2) is 0 Å². The van der Waals surface area contributed by atoms with Crippen molar-refractivity contribution in [1.29, 1.82) is 0 Å². The fourth-order valence-electron chi connectivity index (χ4n) is 2.56. The van der Waals surface area contributed by atoms with Crippen molar-refractivity contribution in [2.75, 3.05) is 6.61 Å². The number of hydrogen-bond donors (Lipinski definition) is 0. The van der Waals surface area contributed by atoms with E-state index in [0.29, 0.717) is 12.5 Å². The molecule has 1 aliphatic rings. The van der Waals surface area contributed by atoms with Gasteiger partial charge >= 0.3 is 0 Å². The van der Waals surface area contributed by atoms with Crippen LogP contribution in [0.2, 0.25) is 0 Å². The van der Waals surface area contributed by atoms with E-state index in [1.54, 1.807) is 6.08 Å². The molecule has 1 fully saturated rings. The van der Waals surface area contributed by atoms with Crippen LogP contribution in [0.3, 0.4) is 0 Å². The van der Waals surface area contributed by atoms with Gasteiger partial charge in [0.2, 0.25) is 5.91 Å². The third-order valence-corrected chi connectivity index (χ3v) is 3.74. The highest BCUT2D eigenvalue weighted by molar-refractivity contribution is 5.92. The lowest BCUT2D eigenvalue weighted by atomic mass is 10.0. The molecule has 108 valence electrons. The number of carbonyl (C=O) groups excluding carboxylic acids is 1. The lowest BCUT2D eigenvalue weighted by Crippen LogP contribution is -2.48. The Morgan fingerprint density at radius 3 is 2.60 bits per heavy atom. The topological polar surface area (TPSA) is 29.5 Å². The van der Waals surface area contributed by atoms with Crippen LogP contribution in [0.25, 0.3) is 6.08 Å². The van der Waals surface area contributed by atoms with Gasteiger partial charge in [0, 0.05) is 6.08 Å². The van der Waals surface area contributed by atoms with Crippen LogP contribution >= 0.6 is 0 Å². The zero-order valence-corrected chi connectivity index (χ0v) is 12.7. The minimum Gasteiger partial charge on any atom is -0.354 e. The minimum atomic E-state index is -0.535. The zero-order chi connectivity index (χ0) is 14.8. The van der Waals surface area contributed by atoms with Crippen molar-refractivity contribution in [2.24, 2.45) is 5.92 Å². The molecule has 0 spiro atoms. The summed E-state index contributed by atoms with van der Waals surface area (Å²) in [4.78, 5) is 14.4. The standard InChI is InChI=1S/C17H23NO2/c1-13(2)15-12-20-17(3,4)18(15)16(19)11-10-14-8-6-5-7-9-14/h5-11,13,15H,12H2,1-4H3/b11-10+/t15-/m1/s1. The van der Waals surface area contributed by atoms with Gasteiger partial charge in [-0.05, 0) is 31.4 Å². The lowest BCUT2D eigenvalue weighted by molar-refractivity contribution is -0.141. The van der Waals surface area contributed by atoms with Crippen molar-refractivity contribution in [1.82, 2.24) is 4.90 Å². The summed E-state index contributed by atoms with van der Waals surface area (Å²) in [5.41, 5.74) is 0.493. The van der Waals surface area contributed by atoms with E-state index >= 15 is 0 Å². The molecular weight excluding hydrogens is 250 g/mol. The molecule has 1 saturated heterocycles. The van der Waals surface area contributed by atoms with E-state index < -0.39 is 5.72 Å². The number of rotatable bonds is 3. The lowest BCUT2D eigenvalue weighted by Gasteiger charge is -2.34. The summed E-state index contributed by atoms with van der Waals surface area (Å²) in [6.07, 6.45) is 3.50. The summed E-state index contributed by atoms with van der Waals surface area (Å²) >= 11 is 0. The van der Waals surface area contributed by atoms with Crippen molar-refractivity contribution < 1.29 is 9.53 Å². The van der Waals surface area contributed by atoms with E-state index in [0.717, 1.165) is 5.56 Å². The molecule has 2 rings (SSSR count). The fraction of sp³-hybridized carbons (Fsp3) is 0.471. The van der Waals surface area contributed by atoms with Gasteiger partial charge in [-0.25, -0.2) is 0 Å². The average Bonchev–Trinajstić information content (AvgIpc) is 2.73. The Hall–Kier alpha value is -1.61. The number of amides is 1. The Balaban J connectivity index is 2.16. The molecule has 0 aromatic heterocycles. The van der Waals surface area contributed by atoms with Crippen LogP contribution in [-0.2, 0) is 9.53 Å². The molecule has 0 radical (unpaired) electrons. The van der Waals surface area contributed by atoms with Gasteiger partial charge in [-0.15, -0.1) is 0 Å². The van der Waals surface area contributed by atoms with Crippen LogP contribution in [0.5, 0.6) is 0 Å². The summed E-state index contributed by atoms with van der Waals surface area (Å²) in [6, 6.07) is 9.99. The first-order valence-corrected chi connectivity index (χ1v) is 7.12. The number of benzene rings is 1. The first-order valence-electron chi connectivity index (χ1n) is 7.12. The predicted octanol–water partition coefficient (Wildman–Crippen LogP) is 3.32. The molecule has 20 heavy (non-hydrogen) atoms. The van der Waals surface area contributed by atoms with Crippen molar-refractivity contribution in [3.63, 3.8) is 0 Å². The smallest absolute Gasteiger partial charge is 0.249 e. The molecule has 1 amide bonds. The molecule has 3 nitrogen and oxygen atoms in total. The largest absolute Gasteiger partial charge is 0.354 e. The van der Waals surface area contributed by atoms with Gasteiger partial charge in [-0.3, -0.25) is 4.79 Å². The first kappa shape index (κ1) is 14.8. The molecule has 1 aliphatic heterocycles. The number of carbonyl (C=O) groups is 1. The van der Waals surface area contributed by atoms with Gasteiger partial charge in [-0.1, -0.05) is 44.2 Å². The Bertz CT molecular complexity index is 491. The first-order chi connectivity index (χ1) is 9.42. The molecule has 0 aliphatic carbocycles. The molecule has 0 bridgehead atoms. The number of ether oxygens (including phenoxy) is 1. The third kappa shape index (κ3) is 3.10. The van der Waals surface area contributed by atoms with Gasteiger partial charge in [0.25, 0.3) is 0 Å². The summed E-state index contributed by atoms with van der Waals surface area (Å²) in [6.45, 7) is 8.75. The summed E-state index contributed by atoms with van der Waals surface area (Å²) in [7, 11) is 0. The van der Waals surface area contributed by atoms with Crippen molar-refractivity contribution in [2.45, 2.75) is 39.5 Å². The molecular formula is C17H23NO2. The second-order valence-electron chi connectivity index (χ2n) is 6.02. The molecule has 1 aromatic rings. The molecule has 0 saturated carbocycles. The third-order valence-electron chi connectivity index (χ3n) is 3.74. The van der Waals surface area contributed by atoms with Gasteiger partial charge < -0.3 is 9.64 Å². The zero-order valence-electron chi connectivity index (χ0n) is 12.7. The molecule has 0 unspecified atom stereocenters. The second-order valence-corrected chi connectivity index (χ2v) is 6.02. The molecule has 1 heterocycles.